The molecule has 1 aromatic rings. The number of benzene rings is 1. The van der Waals surface area contributed by atoms with E-state index in [-0.39, 0.29) is 11.2 Å². The molecule has 0 amide bonds. The molecule has 2 nitrogen and oxygen atoms in total. The average Bonchev–Trinajstić information content (AvgIpc) is 2.27. The highest BCUT2D eigenvalue weighted by Gasteiger charge is 2.18. The third-order valence-corrected chi connectivity index (χ3v) is 1.58. The highest BCUT2D eigenvalue weighted by Crippen LogP contribution is 2.14. The van der Waals surface area contributed by atoms with Gasteiger partial charge in [-0.1, -0.05) is 43.0 Å². The summed E-state index contributed by atoms with van der Waals surface area (Å²) < 4.78 is 0. The predicted molar refractivity (Wildman–Crippen MR) is 78.2 cm³/mol. The molecule has 0 aromatic heterocycles. The van der Waals surface area contributed by atoms with E-state index in [0.29, 0.717) is 0 Å². The van der Waals surface area contributed by atoms with Crippen molar-refractivity contribution in [2.24, 2.45) is 0 Å². The van der Waals surface area contributed by atoms with Crippen molar-refractivity contribution in [2.75, 3.05) is 0 Å². The van der Waals surface area contributed by atoms with Crippen LogP contribution in [-0.2, 0) is 9.78 Å². The Morgan fingerprint density at radius 1 is 0.833 bits per heavy atom. The second-order valence-electron chi connectivity index (χ2n) is 6.01. The number of hydrogen-bond donors (Lipinski definition) is 0. The summed E-state index contributed by atoms with van der Waals surface area (Å²) >= 11 is 0. The summed E-state index contributed by atoms with van der Waals surface area (Å²) in [4.78, 5) is 10.2. The largest absolute Gasteiger partial charge is 0.230 e. The van der Waals surface area contributed by atoms with Crippen molar-refractivity contribution in [3.05, 3.63) is 42.5 Å². The van der Waals surface area contributed by atoms with E-state index in [9.17, 15) is 0 Å². The van der Waals surface area contributed by atoms with Crippen molar-refractivity contribution in [3.63, 3.8) is 0 Å². The van der Waals surface area contributed by atoms with Gasteiger partial charge in [-0.2, -0.15) is 0 Å². The van der Waals surface area contributed by atoms with Crippen LogP contribution in [0.5, 0.6) is 0 Å². The van der Waals surface area contributed by atoms with E-state index in [0.717, 1.165) is 0 Å². The Kier molecular flexibility index (Phi) is 6.89. The number of rotatable bonds is 2. The minimum Gasteiger partial charge on any atom is -0.230 e. The molecule has 0 saturated carbocycles. The van der Waals surface area contributed by atoms with Crippen molar-refractivity contribution >= 4 is 6.08 Å². The third kappa shape index (κ3) is 11.4. The minimum atomic E-state index is -0.215. The van der Waals surface area contributed by atoms with Crippen molar-refractivity contribution in [1.82, 2.24) is 0 Å². The monoisotopic (exact) mass is 250 g/mol. The lowest BCUT2D eigenvalue weighted by molar-refractivity contribution is -0.393. The Morgan fingerprint density at radius 2 is 1.22 bits per heavy atom. The van der Waals surface area contributed by atoms with Crippen LogP contribution in [0.3, 0.4) is 0 Å². The molecule has 2 heteroatoms. The zero-order valence-electron chi connectivity index (χ0n) is 12.5. The second-order valence-corrected chi connectivity index (χ2v) is 6.01. The zero-order valence-corrected chi connectivity index (χ0v) is 12.5. The summed E-state index contributed by atoms with van der Waals surface area (Å²) in [5.74, 6) is 0. The zero-order chi connectivity index (χ0) is 14.2. The van der Waals surface area contributed by atoms with Gasteiger partial charge in [0.15, 0.2) is 0 Å². The fraction of sp³-hybridized carbons (Fsp3) is 0.500. The molecule has 0 bridgehead atoms. The number of hydrogen-bond acceptors (Lipinski definition) is 2. The lowest BCUT2D eigenvalue weighted by atomic mass is 10.2. The van der Waals surface area contributed by atoms with Gasteiger partial charge in [-0.15, -0.1) is 0 Å². The lowest BCUT2D eigenvalue weighted by Gasteiger charge is -2.24. The molecule has 0 heterocycles. The second kappa shape index (κ2) is 7.34. The molecule has 0 unspecified atom stereocenters. The highest BCUT2D eigenvalue weighted by molar-refractivity contribution is 5.45. The molecule has 0 aliphatic carbocycles. The molecule has 102 valence electrons. The van der Waals surface area contributed by atoms with Crippen LogP contribution in [0.15, 0.2) is 36.9 Å². The van der Waals surface area contributed by atoms with Crippen LogP contribution >= 0.6 is 0 Å². The Hall–Kier alpha value is -1.12. The molecule has 0 aliphatic heterocycles. The Labute approximate surface area is 112 Å². The SMILES string of the molecule is C=Cc1ccccc1.CC(C)(C)OOC(C)(C)C. The van der Waals surface area contributed by atoms with Gasteiger partial charge in [0, 0.05) is 0 Å². The smallest absolute Gasteiger partial charge is 0.0952 e. The Balaban J connectivity index is 0.000000327. The van der Waals surface area contributed by atoms with Gasteiger partial charge in [0.1, 0.15) is 0 Å². The molecule has 18 heavy (non-hydrogen) atoms. The van der Waals surface area contributed by atoms with Crippen molar-refractivity contribution in [1.29, 1.82) is 0 Å². The summed E-state index contributed by atoms with van der Waals surface area (Å²) in [5.41, 5.74) is 0.744. The predicted octanol–water partition coefficient (Wildman–Crippen LogP) is 4.86. The van der Waals surface area contributed by atoms with Crippen LogP contribution < -0.4 is 0 Å². The molecule has 0 fully saturated rings. The van der Waals surface area contributed by atoms with E-state index in [1.165, 1.54) is 5.56 Å². The Bertz CT molecular complexity index is 314. The molecule has 1 aromatic carbocycles. The van der Waals surface area contributed by atoms with Crippen LogP contribution in [0.2, 0.25) is 0 Å². The van der Waals surface area contributed by atoms with Crippen LogP contribution in [-0.4, -0.2) is 11.2 Å². The van der Waals surface area contributed by atoms with Crippen LogP contribution in [0.4, 0.5) is 0 Å². The van der Waals surface area contributed by atoms with Gasteiger partial charge in [-0.25, -0.2) is 9.78 Å². The van der Waals surface area contributed by atoms with E-state index < -0.39 is 0 Å². The summed E-state index contributed by atoms with van der Waals surface area (Å²) in [6, 6.07) is 10.0. The van der Waals surface area contributed by atoms with E-state index >= 15 is 0 Å². The lowest BCUT2D eigenvalue weighted by Crippen LogP contribution is -2.27. The minimum absolute atomic E-state index is 0.215. The first-order valence-electron chi connectivity index (χ1n) is 6.18. The average molecular weight is 250 g/mol. The maximum atomic E-state index is 5.09. The van der Waals surface area contributed by atoms with Gasteiger partial charge >= 0.3 is 0 Å². The summed E-state index contributed by atoms with van der Waals surface area (Å²) in [5, 5.41) is 0. The topological polar surface area (TPSA) is 18.5 Å². The maximum Gasteiger partial charge on any atom is 0.0952 e. The standard InChI is InChI=1S/C8H18O2.C8H8/c1-7(2,3)9-10-8(4,5)6;1-2-8-6-4-3-5-7-8/h1-6H3;2-7H,1H2. The maximum absolute atomic E-state index is 5.09. The normalized spacial score (nSPS) is 11.4. The van der Waals surface area contributed by atoms with Gasteiger partial charge in [-0.05, 0) is 47.1 Å². The van der Waals surface area contributed by atoms with Crippen molar-refractivity contribution in [3.8, 4) is 0 Å². The van der Waals surface area contributed by atoms with Crippen LogP contribution in [0, 0.1) is 0 Å². The molecular weight excluding hydrogens is 224 g/mol. The van der Waals surface area contributed by atoms with E-state index in [4.69, 9.17) is 9.78 Å². The first kappa shape index (κ1) is 16.9. The van der Waals surface area contributed by atoms with E-state index in [2.05, 4.69) is 6.58 Å². The fourth-order valence-electron chi connectivity index (χ4n) is 0.839. The first-order chi connectivity index (χ1) is 8.14. The molecule has 0 atom stereocenters. The first-order valence-corrected chi connectivity index (χ1v) is 6.18. The van der Waals surface area contributed by atoms with Crippen LogP contribution in [0.1, 0.15) is 47.1 Å². The van der Waals surface area contributed by atoms with E-state index in [1.807, 2.05) is 78.0 Å². The van der Waals surface area contributed by atoms with Gasteiger partial charge in [-0.3, -0.25) is 0 Å². The Morgan fingerprint density at radius 3 is 1.44 bits per heavy atom. The summed E-state index contributed by atoms with van der Waals surface area (Å²) in [6.45, 7) is 15.4. The van der Waals surface area contributed by atoms with Crippen molar-refractivity contribution < 1.29 is 9.78 Å². The summed E-state index contributed by atoms with van der Waals surface area (Å²) in [7, 11) is 0. The molecule has 1 rings (SSSR count). The molecule has 0 aliphatic rings. The van der Waals surface area contributed by atoms with Gasteiger partial charge < -0.3 is 0 Å². The summed E-state index contributed by atoms with van der Waals surface area (Å²) in [6.07, 6.45) is 1.83. The van der Waals surface area contributed by atoms with Crippen LogP contribution in [0.25, 0.3) is 6.08 Å². The molecule has 0 radical (unpaired) electrons. The third-order valence-electron chi connectivity index (χ3n) is 1.58. The molecule has 0 N–H and O–H groups in total. The highest BCUT2D eigenvalue weighted by atomic mass is 17.2. The van der Waals surface area contributed by atoms with Gasteiger partial charge in [0.2, 0.25) is 0 Å². The molecule has 0 saturated heterocycles. The van der Waals surface area contributed by atoms with Gasteiger partial charge in [0.05, 0.1) is 11.2 Å². The molecular formula is C16H26O2. The van der Waals surface area contributed by atoms with Gasteiger partial charge in [0.25, 0.3) is 0 Å². The van der Waals surface area contributed by atoms with E-state index in [1.54, 1.807) is 0 Å². The quantitative estimate of drug-likeness (QED) is 0.551. The fourth-order valence-corrected chi connectivity index (χ4v) is 0.839. The molecule has 0 spiro atoms. The van der Waals surface area contributed by atoms with Crippen molar-refractivity contribution in [2.45, 2.75) is 52.7 Å².